The molecule has 0 atom stereocenters. The number of carboxylic acid groups (broad SMARTS) is 3. The van der Waals surface area contributed by atoms with E-state index in [9.17, 15) is 29.7 Å². The maximum absolute atomic E-state index is 12.4. The van der Waals surface area contributed by atoms with E-state index in [1.807, 2.05) is 0 Å². The van der Waals surface area contributed by atoms with Crippen LogP contribution in [0.3, 0.4) is 0 Å². The summed E-state index contributed by atoms with van der Waals surface area (Å²) >= 11 is 0. The molecule has 0 aliphatic carbocycles. The van der Waals surface area contributed by atoms with Crippen molar-refractivity contribution in [2.24, 2.45) is 0 Å². The van der Waals surface area contributed by atoms with Crippen molar-refractivity contribution in [3.8, 4) is 0 Å². The van der Waals surface area contributed by atoms with Crippen molar-refractivity contribution in [2.75, 3.05) is 0 Å². The van der Waals surface area contributed by atoms with Crippen molar-refractivity contribution in [3.05, 3.63) is 33.9 Å². The molecule has 0 spiro atoms. The van der Waals surface area contributed by atoms with Crippen LogP contribution in [-0.2, 0) is 12.8 Å². The van der Waals surface area contributed by atoms with Gasteiger partial charge in [0.1, 0.15) is 0 Å². The molecule has 6 nitrogen and oxygen atoms in total. The van der Waals surface area contributed by atoms with E-state index in [0.29, 0.717) is 24.0 Å². The second kappa shape index (κ2) is 32.3. The minimum atomic E-state index is -1.49. The van der Waals surface area contributed by atoms with Crippen molar-refractivity contribution in [1.82, 2.24) is 0 Å². The first-order valence-electron chi connectivity index (χ1n) is 21.7. The van der Waals surface area contributed by atoms with Crippen LogP contribution in [0.1, 0.15) is 262 Å². The smallest absolute Gasteiger partial charge is 0.337 e. The molecule has 0 saturated heterocycles. The summed E-state index contributed by atoms with van der Waals surface area (Å²) in [5, 5.41) is 29.8. The zero-order chi connectivity index (χ0) is 37.4. The molecule has 1 aromatic rings. The van der Waals surface area contributed by atoms with E-state index < -0.39 is 29.0 Å². The number of aryl methyl sites for hydroxylation is 1. The third-order valence-corrected chi connectivity index (χ3v) is 10.8. The van der Waals surface area contributed by atoms with Gasteiger partial charge in [-0.2, -0.15) is 0 Å². The first kappa shape index (κ1) is 46.7. The van der Waals surface area contributed by atoms with E-state index >= 15 is 0 Å². The minimum absolute atomic E-state index is 0.324. The van der Waals surface area contributed by atoms with Gasteiger partial charge in [-0.15, -0.1) is 0 Å². The Kier molecular flexibility index (Phi) is 29.5. The van der Waals surface area contributed by atoms with Crippen LogP contribution in [-0.4, -0.2) is 33.2 Å². The predicted octanol–water partition coefficient (Wildman–Crippen LogP) is 14.4. The molecule has 0 unspecified atom stereocenters. The van der Waals surface area contributed by atoms with Crippen molar-refractivity contribution >= 4 is 17.9 Å². The molecule has 0 aliphatic heterocycles. The Morgan fingerprint density at radius 3 is 0.922 bits per heavy atom. The average molecular weight is 715 g/mol. The zero-order valence-electron chi connectivity index (χ0n) is 33.2. The maximum Gasteiger partial charge on any atom is 0.337 e. The standard InChI is InChI=1S/C45H78O6/c1-3-5-7-9-11-13-15-17-19-21-23-25-27-29-31-33-35-38-37-40(43(46)47)42(45(50)51)41(44(48)49)39(38)36-34-32-30-28-26-24-22-20-18-16-14-12-10-8-6-4-2/h37H,3-36H2,1-2H3,(H,46,47)(H,48,49)(H,50,51). The molecule has 51 heavy (non-hydrogen) atoms. The Bertz CT molecular complexity index is 1050. The van der Waals surface area contributed by atoms with Crippen LogP contribution >= 0.6 is 0 Å². The van der Waals surface area contributed by atoms with Crippen molar-refractivity contribution in [3.63, 3.8) is 0 Å². The Morgan fingerprint density at radius 1 is 0.373 bits per heavy atom. The molecule has 0 bridgehead atoms. The molecule has 1 rings (SSSR count). The Hall–Kier alpha value is -2.37. The number of hydrogen-bond acceptors (Lipinski definition) is 3. The van der Waals surface area contributed by atoms with E-state index in [1.165, 1.54) is 167 Å². The summed E-state index contributed by atoms with van der Waals surface area (Å²) in [6, 6.07) is 1.45. The van der Waals surface area contributed by atoms with Crippen LogP contribution in [0.25, 0.3) is 0 Å². The SMILES string of the molecule is CCCCCCCCCCCCCCCCCCc1cc(C(=O)O)c(C(=O)O)c(C(=O)O)c1CCCCCCCCCCCCCCCCCC. The van der Waals surface area contributed by atoms with Crippen LogP contribution < -0.4 is 0 Å². The van der Waals surface area contributed by atoms with Gasteiger partial charge in [0.25, 0.3) is 0 Å². The van der Waals surface area contributed by atoms with Gasteiger partial charge in [0, 0.05) is 0 Å². The number of hydrogen-bond donors (Lipinski definition) is 3. The van der Waals surface area contributed by atoms with Gasteiger partial charge >= 0.3 is 17.9 Å². The molecule has 6 heteroatoms. The highest BCUT2D eigenvalue weighted by Gasteiger charge is 2.29. The number of unbranched alkanes of at least 4 members (excludes halogenated alkanes) is 30. The largest absolute Gasteiger partial charge is 0.478 e. The Balaban J connectivity index is 2.46. The van der Waals surface area contributed by atoms with Crippen LogP contribution in [0.2, 0.25) is 0 Å². The van der Waals surface area contributed by atoms with Crippen molar-refractivity contribution in [1.29, 1.82) is 0 Å². The molecule has 0 heterocycles. The quantitative estimate of drug-likeness (QED) is 0.0592. The van der Waals surface area contributed by atoms with E-state index in [-0.39, 0.29) is 5.56 Å². The summed E-state index contributed by atoms with van der Waals surface area (Å²) in [4.78, 5) is 36.6. The van der Waals surface area contributed by atoms with Crippen molar-refractivity contribution in [2.45, 2.75) is 232 Å². The average Bonchev–Trinajstić information content (AvgIpc) is 3.10. The lowest BCUT2D eigenvalue weighted by Crippen LogP contribution is -2.19. The van der Waals surface area contributed by atoms with Gasteiger partial charge in [0.05, 0.1) is 16.7 Å². The molecule has 1 aromatic carbocycles. The molecule has 0 aromatic heterocycles. The van der Waals surface area contributed by atoms with Gasteiger partial charge in [0.2, 0.25) is 0 Å². The first-order chi connectivity index (χ1) is 24.8. The van der Waals surface area contributed by atoms with Crippen LogP contribution in [0.5, 0.6) is 0 Å². The summed E-state index contributed by atoms with van der Waals surface area (Å²) in [7, 11) is 0. The van der Waals surface area contributed by atoms with Crippen LogP contribution in [0, 0.1) is 0 Å². The van der Waals surface area contributed by atoms with Gasteiger partial charge in [-0.1, -0.05) is 206 Å². The van der Waals surface area contributed by atoms with Gasteiger partial charge in [-0.05, 0) is 42.9 Å². The second-order valence-electron chi connectivity index (χ2n) is 15.3. The molecule has 0 aliphatic rings. The van der Waals surface area contributed by atoms with Gasteiger partial charge in [-0.25, -0.2) is 14.4 Å². The highest BCUT2D eigenvalue weighted by molar-refractivity contribution is 6.10. The number of carboxylic acids is 3. The highest BCUT2D eigenvalue weighted by atomic mass is 16.4. The highest BCUT2D eigenvalue weighted by Crippen LogP contribution is 2.28. The van der Waals surface area contributed by atoms with E-state index in [1.54, 1.807) is 0 Å². The number of carbonyl (C=O) groups is 3. The van der Waals surface area contributed by atoms with Gasteiger partial charge in [0.15, 0.2) is 0 Å². The lowest BCUT2D eigenvalue weighted by molar-refractivity contribution is 0.0632. The van der Waals surface area contributed by atoms with E-state index in [4.69, 9.17) is 0 Å². The van der Waals surface area contributed by atoms with Crippen LogP contribution in [0.15, 0.2) is 6.07 Å². The molecule has 3 N–H and O–H groups in total. The number of benzene rings is 1. The first-order valence-corrected chi connectivity index (χ1v) is 21.7. The molecule has 0 fully saturated rings. The minimum Gasteiger partial charge on any atom is -0.478 e. The monoisotopic (exact) mass is 715 g/mol. The second-order valence-corrected chi connectivity index (χ2v) is 15.3. The molecule has 294 valence electrons. The van der Waals surface area contributed by atoms with E-state index in [2.05, 4.69) is 13.8 Å². The summed E-state index contributed by atoms with van der Waals surface area (Å²) in [5.41, 5.74) is -0.105. The van der Waals surface area contributed by atoms with E-state index in [0.717, 1.165) is 44.9 Å². The molecular formula is C45H78O6. The third-order valence-electron chi connectivity index (χ3n) is 10.8. The molecule has 0 radical (unpaired) electrons. The summed E-state index contributed by atoms with van der Waals surface area (Å²) in [6.45, 7) is 4.52. The summed E-state index contributed by atoms with van der Waals surface area (Å²) in [6.07, 6.45) is 41.3. The summed E-state index contributed by atoms with van der Waals surface area (Å²) in [5.74, 6) is -4.24. The molecular weight excluding hydrogens is 636 g/mol. The molecule has 0 amide bonds. The third kappa shape index (κ3) is 23.0. The van der Waals surface area contributed by atoms with Crippen molar-refractivity contribution < 1.29 is 29.7 Å². The topological polar surface area (TPSA) is 112 Å². The van der Waals surface area contributed by atoms with Crippen LogP contribution in [0.4, 0.5) is 0 Å². The predicted molar refractivity (Wildman–Crippen MR) is 214 cm³/mol. The number of rotatable bonds is 37. The summed E-state index contributed by atoms with van der Waals surface area (Å²) < 4.78 is 0. The number of aromatic carboxylic acids is 3. The fourth-order valence-corrected chi connectivity index (χ4v) is 7.63. The fourth-order valence-electron chi connectivity index (χ4n) is 7.63. The van der Waals surface area contributed by atoms with Gasteiger partial charge < -0.3 is 15.3 Å². The Labute approximate surface area is 313 Å². The lowest BCUT2D eigenvalue weighted by atomic mass is 9.86. The Morgan fingerprint density at radius 2 is 0.647 bits per heavy atom. The normalized spacial score (nSPS) is 11.3. The lowest BCUT2D eigenvalue weighted by Gasteiger charge is -2.17. The van der Waals surface area contributed by atoms with Gasteiger partial charge in [-0.3, -0.25) is 0 Å². The fraction of sp³-hybridized carbons (Fsp3) is 0.800. The molecule has 0 saturated carbocycles. The zero-order valence-corrected chi connectivity index (χ0v) is 33.2. The maximum atomic E-state index is 12.4.